The topological polar surface area (TPSA) is 75.3 Å². The number of esters is 1. The molecule has 4 rings (SSSR count). The number of H-pyrrole nitrogens is 1. The Morgan fingerprint density at radius 2 is 2.00 bits per heavy atom. The summed E-state index contributed by atoms with van der Waals surface area (Å²) in [5, 5.41) is 1.16. The number of methoxy groups -OCH3 is 1. The Morgan fingerprint density at radius 3 is 2.66 bits per heavy atom. The van der Waals surface area contributed by atoms with Gasteiger partial charge in [-0.1, -0.05) is 19.1 Å². The van der Waals surface area contributed by atoms with Crippen LogP contribution < -0.4 is 0 Å². The van der Waals surface area contributed by atoms with Gasteiger partial charge in [-0.25, -0.2) is 9.78 Å². The van der Waals surface area contributed by atoms with E-state index in [2.05, 4.69) is 11.1 Å². The zero-order valence-electron chi connectivity index (χ0n) is 16.9. The van der Waals surface area contributed by atoms with Crippen molar-refractivity contribution in [1.29, 1.82) is 0 Å². The molecule has 0 radical (unpaired) electrons. The van der Waals surface area contributed by atoms with Gasteiger partial charge in [0.05, 0.1) is 27.9 Å². The summed E-state index contributed by atoms with van der Waals surface area (Å²) in [4.78, 5) is 35.1. The molecule has 152 valence electrons. The van der Waals surface area contributed by atoms with Crippen molar-refractivity contribution in [2.24, 2.45) is 0 Å². The van der Waals surface area contributed by atoms with Gasteiger partial charge in [0.1, 0.15) is 5.69 Å². The molecule has 2 aromatic heterocycles. The van der Waals surface area contributed by atoms with Crippen LogP contribution in [-0.4, -0.2) is 46.9 Å². The zero-order valence-corrected chi connectivity index (χ0v) is 17.8. The maximum atomic E-state index is 13.1. The molecule has 0 aliphatic carbocycles. The lowest BCUT2D eigenvalue weighted by atomic mass is 9.97. The summed E-state index contributed by atoms with van der Waals surface area (Å²) in [7, 11) is 1.36. The van der Waals surface area contributed by atoms with Gasteiger partial charge in [-0.05, 0) is 43.9 Å². The average molecular weight is 412 g/mol. The zero-order chi connectivity index (χ0) is 20.5. The Morgan fingerprint density at radius 1 is 1.28 bits per heavy atom. The number of para-hydroxylation sites is 1. The lowest BCUT2D eigenvalue weighted by Crippen LogP contribution is -2.38. The molecule has 1 fully saturated rings. The minimum atomic E-state index is -0.399. The Balaban J connectivity index is 1.49. The minimum absolute atomic E-state index is 0.0462. The van der Waals surface area contributed by atoms with E-state index in [1.54, 1.807) is 11.3 Å². The van der Waals surface area contributed by atoms with Crippen molar-refractivity contribution in [3.8, 4) is 0 Å². The van der Waals surface area contributed by atoms with Gasteiger partial charge in [0, 0.05) is 24.7 Å². The number of aromatic nitrogens is 2. The number of nitrogens with zero attached hydrogens (tertiary/aromatic N) is 2. The van der Waals surface area contributed by atoms with Crippen LogP contribution in [-0.2, 0) is 11.2 Å². The second-order valence-corrected chi connectivity index (χ2v) is 8.47. The fourth-order valence-corrected chi connectivity index (χ4v) is 5.20. The van der Waals surface area contributed by atoms with Gasteiger partial charge in [-0.3, -0.25) is 4.79 Å². The molecule has 3 aromatic rings. The number of carbonyl (C=O) groups is 2. The van der Waals surface area contributed by atoms with Crippen molar-refractivity contribution in [1.82, 2.24) is 14.9 Å². The van der Waals surface area contributed by atoms with Gasteiger partial charge in [0.2, 0.25) is 0 Å². The van der Waals surface area contributed by atoms with E-state index in [0.29, 0.717) is 42.2 Å². The normalized spacial score (nSPS) is 15.1. The standard InChI is InChI=1S/C22H25N3O3S/c1-4-15-18(22(27)28-3)13(2)19(23-15)21(26)25-11-9-14(10-12-25)20-24-16-7-5-6-8-17(16)29-20/h5-8,14,23H,4,9-12H2,1-3H3. The number of hydrogen-bond acceptors (Lipinski definition) is 5. The van der Waals surface area contributed by atoms with Crippen LogP contribution in [0.3, 0.4) is 0 Å². The van der Waals surface area contributed by atoms with Crippen LogP contribution in [0.1, 0.15) is 62.8 Å². The number of nitrogens with one attached hydrogen (secondary N) is 1. The highest BCUT2D eigenvalue weighted by Gasteiger charge is 2.30. The molecule has 0 saturated carbocycles. The van der Waals surface area contributed by atoms with E-state index in [0.717, 1.165) is 29.1 Å². The first-order valence-electron chi connectivity index (χ1n) is 9.98. The SMILES string of the molecule is CCc1[nH]c(C(=O)N2CCC(c3nc4ccccc4s3)CC2)c(C)c1C(=O)OC. The van der Waals surface area contributed by atoms with Crippen LogP contribution >= 0.6 is 11.3 Å². The Bertz CT molecular complexity index is 1030. The van der Waals surface area contributed by atoms with E-state index >= 15 is 0 Å². The van der Waals surface area contributed by atoms with Gasteiger partial charge in [-0.2, -0.15) is 0 Å². The molecule has 1 N–H and O–H groups in total. The van der Waals surface area contributed by atoms with E-state index in [4.69, 9.17) is 9.72 Å². The first-order chi connectivity index (χ1) is 14.0. The summed E-state index contributed by atoms with van der Waals surface area (Å²) < 4.78 is 6.11. The largest absolute Gasteiger partial charge is 0.465 e. The fourth-order valence-electron chi connectivity index (χ4n) is 4.07. The second kappa shape index (κ2) is 7.99. The van der Waals surface area contributed by atoms with Crippen molar-refractivity contribution < 1.29 is 14.3 Å². The van der Waals surface area contributed by atoms with Gasteiger partial charge >= 0.3 is 5.97 Å². The Labute approximate surface area is 173 Å². The molecule has 0 unspecified atom stereocenters. The molecule has 1 amide bonds. The number of ether oxygens (including phenoxy) is 1. The van der Waals surface area contributed by atoms with Gasteiger partial charge in [0.15, 0.2) is 0 Å². The molecule has 1 aliphatic rings. The van der Waals surface area contributed by atoms with Crippen molar-refractivity contribution in [3.05, 3.63) is 51.8 Å². The number of rotatable bonds is 4. The lowest BCUT2D eigenvalue weighted by molar-refractivity contribution is 0.0599. The first kappa shape index (κ1) is 19.6. The number of aryl methyl sites for hydroxylation is 1. The maximum Gasteiger partial charge on any atom is 0.339 e. The third-order valence-corrected chi connectivity index (χ3v) is 6.93. The summed E-state index contributed by atoms with van der Waals surface area (Å²) in [5.74, 6) is -0.0580. The lowest BCUT2D eigenvalue weighted by Gasteiger charge is -2.31. The predicted octanol–water partition coefficient (Wildman–Crippen LogP) is 4.30. The molecular formula is C22H25N3O3S. The first-order valence-corrected chi connectivity index (χ1v) is 10.8. The van der Waals surface area contributed by atoms with Crippen molar-refractivity contribution in [3.63, 3.8) is 0 Å². The highest BCUT2D eigenvalue weighted by atomic mass is 32.1. The second-order valence-electron chi connectivity index (χ2n) is 7.41. The monoisotopic (exact) mass is 411 g/mol. The van der Waals surface area contributed by atoms with E-state index in [1.165, 1.54) is 11.8 Å². The summed E-state index contributed by atoms with van der Waals surface area (Å²) in [6.45, 7) is 5.14. The molecule has 1 aromatic carbocycles. The van der Waals surface area contributed by atoms with Crippen LogP contribution in [0.5, 0.6) is 0 Å². The van der Waals surface area contributed by atoms with Crippen molar-refractivity contribution in [2.75, 3.05) is 20.2 Å². The quantitative estimate of drug-likeness (QED) is 0.650. The molecule has 0 spiro atoms. The molecule has 0 bridgehead atoms. The molecule has 0 atom stereocenters. The highest BCUT2D eigenvalue weighted by Crippen LogP contribution is 2.34. The number of carbonyl (C=O) groups excluding carboxylic acids is 2. The third-order valence-electron chi connectivity index (χ3n) is 5.73. The van der Waals surface area contributed by atoms with E-state index in [1.807, 2.05) is 36.9 Å². The molecular weight excluding hydrogens is 386 g/mol. The Kier molecular flexibility index (Phi) is 5.41. The number of thiazole rings is 1. The van der Waals surface area contributed by atoms with Crippen LogP contribution in [0.15, 0.2) is 24.3 Å². The summed E-state index contributed by atoms with van der Waals surface area (Å²) >= 11 is 1.75. The number of fused-ring (bicyclic) bond motifs is 1. The molecule has 29 heavy (non-hydrogen) atoms. The van der Waals surface area contributed by atoms with E-state index < -0.39 is 5.97 Å². The average Bonchev–Trinajstić information content (AvgIpc) is 3.33. The van der Waals surface area contributed by atoms with Crippen LogP contribution in [0.25, 0.3) is 10.2 Å². The molecule has 7 heteroatoms. The molecule has 1 aliphatic heterocycles. The highest BCUT2D eigenvalue weighted by molar-refractivity contribution is 7.18. The summed E-state index contributed by atoms with van der Waals surface area (Å²) in [6.07, 6.45) is 2.43. The molecule has 1 saturated heterocycles. The number of piperidine rings is 1. The van der Waals surface area contributed by atoms with Crippen LogP contribution in [0.2, 0.25) is 0 Å². The smallest absolute Gasteiger partial charge is 0.339 e. The summed E-state index contributed by atoms with van der Waals surface area (Å²) in [5.41, 5.74) is 3.47. The Hall–Kier alpha value is -2.67. The molecule has 6 nitrogen and oxygen atoms in total. The number of hydrogen-bond donors (Lipinski definition) is 1. The number of amides is 1. The van der Waals surface area contributed by atoms with Crippen LogP contribution in [0, 0.1) is 6.92 Å². The van der Waals surface area contributed by atoms with Crippen molar-refractivity contribution >= 4 is 33.4 Å². The number of likely N-dealkylation sites (tertiary alicyclic amines) is 1. The maximum absolute atomic E-state index is 13.1. The van der Waals surface area contributed by atoms with Gasteiger partial charge in [-0.15, -0.1) is 11.3 Å². The van der Waals surface area contributed by atoms with Crippen molar-refractivity contribution in [2.45, 2.75) is 39.0 Å². The molecule has 3 heterocycles. The fraction of sp³-hybridized carbons (Fsp3) is 0.409. The van der Waals surface area contributed by atoms with Crippen LogP contribution in [0.4, 0.5) is 0 Å². The van der Waals surface area contributed by atoms with Gasteiger partial charge < -0.3 is 14.6 Å². The third kappa shape index (κ3) is 3.55. The number of benzene rings is 1. The van der Waals surface area contributed by atoms with E-state index in [-0.39, 0.29) is 5.91 Å². The van der Waals surface area contributed by atoms with Gasteiger partial charge in [0.25, 0.3) is 5.91 Å². The number of aromatic amines is 1. The summed E-state index contributed by atoms with van der Waals surface area (Å²) in [6, 6.07) is 8.20. The predicted molar refractivity (Wildman–Crippen MR) is 114 cm³/mol. The minimum Gasteiger partial charge on any atom is -0.465 e. The van der Waals surface area contributed by atoms with E-state index in [9.17, 15) is 9.59 Å².